The fourth-order valence-electron chi connectivity index (χ4n) is 2.65. The summed E-state index contributed by atoms with van der Waals surface area (Å²) in [5.41, 5.74) is 4.65. The van der Waals surface area contributed by atoms with E-state index in [0.717, 1.165) is 41.0 Å². The number of nitrogens with one attached hydrogen (secondary N) is 1. The van der Waals surface area contributed by atoms with Gasteiger partial charge in [-0.1, -0.05) is 43.8 Å². The SMILES string of the molecule is CCc1cccc(CC)c1NC(=O)COC(=O)CSc1nc(C)cc(C)n1. The second-order valence-corrected chi connectivity index (χ2v) is 7.03. The fraction of sp³-hybridized carbons (Fsp3) is 0.400. The van der Waals surface area contributed by atoms with Crippen molar-refractivity contribution in [1.29, 1.82) is 0 Å². The van der Waals surface area contributed by atoms with E-state index < -0.39 is 5.97 Å². The lowest BCUT2D eigenvalue weighted by atomic mass is 10.0. The minimum absolute atomic E-state index is 0.0575. The number of benzene rings is 1. The summed E-state index contributed by atoms with van der Waals surface area (Å²) >= 11 is 1.20. The van der Waals surface area contributed by atoms with Gasteiger partial charge in [-0.15, -0.1) is 0 Å². The minimum atomic E-state index is -0.475. The zero-order valence-corrected chi connectivity index (χ0v) is 17.0. The molecule has 1 amide bonds. The Labute approximate surface area is 164 Å². The maximum absolute atomic E-state index is 12.2. The number of hydrogen-bond acceptors (Lipinski definition) is 6. The molecule has 0 aliphatic heterocycles. The molecule has 0 bridgehead atoms. The lowest BCUT2D eigenvalue weighted by Crippen LogP contribution is -2.23. The van der Waals surface area contributed by atoms with Gasteiger partial charge in [0, 0.05) is 17.1 Å². The van der Waals surface area contributed by atoms with Crippen LogP contribution in [-0.4, -0.2) is 34.2 Å². The van der Waals surface area contributed by atoms with Gasteiger partial charge < -0.3 is 10.1 Å². The van der Waals surface area contributed by atoms with Crippen LogP contribution in [0.3, 0.4) is 0 Å². The summed E-state index contributed by atoms with van der Waals surface area (Å²) in [5, 5.41) is 3.40. The van der Waals surface area contributed by atoms with Gasteiger partial charge in [-0.25, -0.2) is 9.97 Å². The molecule has 1 heterocycles. The molecule has 1 aromatic carbocycles. The maximum atomic E-state index is 12.2. The standard InChI is InChI=1S/C20H25N3O3S/c1-5-15-8-7-9-16(6-2)19(15)23-17(24)11-26-18(25)12-27-20-21-13(3)10-14(4)22-20/h7-10H,5-6,11-12H2,1-4H3,(H,23,24). The Balaban J connectivity index is 1.86. The van der Waals surface area contributed by atoms with Gasteiger partial charge in [0.1, 0.15) is 0 Å². The van der Waals surface area contributed by atoms with Crippen molar-refractivity contribution in [2.75, 3.05) is 17.7 Å². The maximum Gasteiger partial charge on any atom is 0.316 e. The number of carbonyl (C=O) groups is 2. The highest BCUT2D eigenvalue weighted by atomic mass is 32.2. The first-order valence-corrected chi connectivity index (χ1v) is 9.92. The van der Waals surface area contributed by atoms with Gasteiger partial charge in [0.25, 0.3) is 5.91 Å². The highest BCUT2D eigenvalue weighted by molar-refractivity contribution is 7.99. The first kappa shape index (κ1) is 20.9. The van der Waals surface area contributed by atoms with Crippen LogP contribution >= 0.6 is 11.8 Å². The van der Waals surface area contributed by atoms with Crippen molar-refractivity contribution in [3.05, 3.63) is 46.8 Å². The number of aromatic nitrogens is 2. The van der Waals surface area contributed by atoms with Crippen LogP contribution in [-0.2, 0) is 27.2 Å². The van der Waals surface area contributed by atoms with E-state index >= 15 is 0 Å². The number of aryl methyl sites for hydroxylation is 4. The first-order valence-electron chi connectivity index (χ1n) is 8.94. The second-order valence-electron chi connectivity index (χ2n) is 6.09. The Hall–Kier alpha value is -2.41. The molecule has 0 aliphatic rings. The van der Waals surface area contributed by atoms with Crippen LogP contribution in [0, 0.1) is 13.8 Å². The topological polar surface area (TPSA) is 81.2 Å². The van der Waals surface area contributed by atoms with Gasteiger partial charge in [0.05, 0.1) is 5.75 Å². The van der Waals surface area contributed by atoms with Gasteiger partial charge in [-0.2, -0.15) is 0 Å². The number of esters is 1. The molecule has 27 heavy (non-hydrogen) atoms. The van der Waals surface area contributed by atoms with E-state index in [1.54, 1.807) is 0 Å². The zero-order valence-electron chi connectivity index (χ0n) is 16.2. The summed E-state index contributed by atoms with van der Waals surface area (Å²) < 4.78 is 5.08. The number of rotatable bonds is 8. The molecule has 0 saturated heterocycles. The molecule has 144 valence electrons. The molecular formula is C20H25N3O3S. The zero-order chi connectivity index (χ0) is 19.8. The molecule has 6 nitrogen and oxygen atoms in total. The Morgan fingerprint density at radius 1 is 1.07 bits per heavy atom. The van der Waals surface area contributed by atoms with Gasteiger partial charge in [-0.05, 0) is 43.9 Å². The van der Waals surface area contributed by atoms with Crippen molar-refractivity contribution in [2.45, 2.75) is 45.7 Å². The molecular weight excluding hydrogens is 362 g/mol. The molecule has 1 aromatic heterocycles. The number of hydrogen-bond donors (Lipinski definition) is 1. The van der Waals surface area contributed by atoms with Gasteiger partial charge in [0.15, 0.2) is 11.8 Å². The molecule has 0 radical (unpaired) electrons. The van der Waals surface area contributed by atoms with Crippen molar-refractivity contribution < 1.29 is 14.3 Å². The van der Waals surface area contributed by atoms with Gasteiger partial charge in [0.2, 0.25) is 0 Å². The number of para-hydroxylation sites is 1. The molecule has 0 aliphatic carbocycles. The monoisotopic (exact) mass is 387 g/mol. The predicted molar refractivity (Wildman–Crippen MR) is 107 cm³/mol. The molecule has 0 unspecified atom stereocenters. The number of thioether (sulfide) groups is 1. The summed E-state index contributed by atoms with van der Waals surface area (Å²) in [6.45, 7) is 7.52. The van der Waals surface area contributed by atoms with E-state index in [9.17, 15) is 9.59 Å². The van der Waals surface area contributed by atoms with Crippen LogP contribution in [0.15, 0.2) is 29.4 Å². The first-order chi connectivity index (χ1) is 12.9. The van der Waals surface area contributed by atoms with E-state index in [2.05, 4.69) is 15.3 Å². The third-order valence-electron chi connectivity index (χ3n) is 3.91. The largest absolute Gasteiger partial charge is 0.455 e. The smallest absolute Gasteiger partial charge is 0.316 e. The summed E-state index contributed by atoms with van der Waals surface area (Å²) in [6.07, 6.45) is 1.63. The average molecular weight is 388 g/mol. The molecule has 1 N–H and O–H groups in total. The molecule has 0 atom stereocenters. The Bertz CT molecular complexity index is 782. The third-order valence-corrected chi connectivity index (χ3v) is 4.73. The number of nitrogens with zero attached hydrogens (tertiary/aromatic N) is 2. The summed E-state index contributed by atoms with van der Waals surface area (Å²) in [4.78, 5) is 32.6. The van der Waals surface area contributed by atoms with Crippen molar-refractivity contribution >= 4 is 29.3 Å². The fourth-order valence-corrected chi connectivity index (χ4v) is 3.40. The normalized spacial score (nSPS) is 10.5. The van der Waals surface area contributed by atoms with Crippen molar-refractivity contribution in [3.63, 3.8) is 0 Å². The molecule has 7 heteroatoms. The number of anilines is 1. The third kappa shape index (κ3) is 6.36. The Morgan fingerprint density at radius 3 is 2.22 bits per heavy atom. The van der Waals surface area contributed by atoms with E-state index in [-0.39, 0.29) is 18.3 Å². The van der Waals surface area contributed by atoms with E-state index in [1.807, 2.05) is 52.0 Å². The molecule has 2 rings (SSSR count). The second kappa shape index (κ2) is 10.1. The van der Waals surface area contributed by atoms with Crippen molar-refractivity contribution in [2.24, 2.45) is 0 Å². The predicted octanol–water partition coefficient (Wildman–Crippen LogP) is 3.49. The minimum Gasteiger partial charge on any atom is -0.455 e. The average Bonchev–Trinajstić information content (AvgIpc) is 2.64. The Kier molecular flexibility index (Phi) is 7.79. The summed E-state index contributed by atoms with van der Waals surface area (Å²) in [7, 11) is 0. The summed E-state index contributed by atoms with van der Waals surface area (Å²) in [5.74, 6) is -0.758. The van der Waals surface area contributed by atoms with E-state index in [4.69, 9.17) is 4.74 Å². The summed E-state index contributed by atoms with van der Waals surface area (Å²) in [6, 6.07) is 7.83. The molecule has 0 fully saturated rings. The lowest BCUT2D eigenvalue weighted by Gasteiger charge is -2.14. The molecule has 0 saturated carbocycles. The number of ether oxygens (including phenoxy) is 1. The quantitative estimate of drug-likeness (QED) is 0.424. The highest BCUT2D eigenvalue weighted by Crippen LogP contribution is 2.22. The van der Waals surface area contributed by atoms with Crippen LogP contribution in [0.1, 0.15) is 36.4 Å². The van der Waals surface area contributed by atoms with E-state index in [1.165, 1.54) is 11.8 Å². The van der Waals surface area contributed by atoms with Crippen LogP contribution in [0.5, 0.6) is 0 Å². The molecule has 0 spiro atoms. The van der Waals surface area contributed by atoms with Crippen molar-refractivity contribution in [1.82, 2.24) is 9.97 Å². The van der Waals surface area contributed by atoms with Crippen molar-refractivity contribution in [3.8, 4) is 0 Å². The highest BCUT2D eigenvalue weighted by Gasteiger charge is 2.13. The van der Waals surface area contributed by atoms with Crippen LogP contribution < -0.4 is 5.32 Å². The Morgan fingerprint density at radius 2 is 1.67 bits per heavy atom. The number of carbonyl (C=O) groups excluding carboxylic acids is 2. The molecule has 2 aromatic rings. The van der Waals surface area contributed by atoms with Crippen LogP contribution in [0.25, 0.3) is 0 Å². The van der Waals surface area contributed by atoms with Gasteiger partial charge >= 0.3 is 5.97 Å². The lowest BCUT2D eigenvalue weighted by molar-refractivity contribution is -0.144. The van der Waals surface area contributed by atoms with Gasteiger partial charge in [-0.3, -0.25) is 9.59 Å². The number of amides is 1. The van der Waals surface area contributed by atoms with Crippen LogP contribution in [0.2, 0.25) is 0 Å². The van der Waals surface area contributed by atoms with Crippen LogP contribution in [0.4, 0.5) is 5.69 Å². The van der Waals surface area contributed by atoms with E-state index in [0.29, 0.717) is 5.16 Å².